The number of nitrogens with one attached hydrogen (secondary N) is 1. The van der Waals surface area contributed by atoms with Crippen molar-refractivity contribution in [2.24, 2.45) is 10.4 Å². The van der Waals surface area contributed by atoms with Gasteiger partial charge in [-0.1, -0.05) is 18.2 Å². The zero-order valence-electron chi connectivity index (χ0n) is 6.80. The van der Waals surface area contributed by atoms with Crippen LogP contribution in [0.4, 0.5) is 5.69 Å². The molecule has 0 aromatic heterocycles. The number of hydrogen-bond acceptors (Lipinski definition) is 5. The molecule has 67 valence electrons. The molecule has 0 aliphatic carbocycles. The van der Waals surface area contributed by atoms with Crippen LogP contribution in [-0.2, 0) is 0 Å². The average molecular weight is 178 g/mol. The van der Waals surface area contributed by atoms with Gasteiger partial charge in [0.25, 0.3) is 0 Å². The fourth-order valence-electron chi connectivity index (χ4n) is 0.818. The summed E-state index contributed by atoms with van der Waals surface area (Å²) < 4.78 is 0. The Bertz CT molecular complexity index is 268. The van der Waals surface area contributed by atoms with E-state index in [0.29, 0.717) is 0 Å². The van der Waals surface area contributed by atoms with Crippen LogP contribution < -0.4 is 5.32 Å². The first kappa shape index (κ1) is 9.31. The third-order valence-corrected chi connectivity index (χ3v) is 1.44. The summed E-state index contributed by atoms with van der Waals surface area (Å²) in [5.74, 6) is 0. The Kier molecular flexibility index (Phi) is 3.56. The molecule has 0 heterocycles. The Balaban J connectivity index is 2.42. The lowest BCUT2D eigenvalue weighted by molar-refractivity contribution is 0.915. The van der Waals surface area contributed by atoms with E-state index in [1.807, 2.05) is 30.3 Å². The molecule has 5 nitrogen and oxygen atoms in total. The van der Waals surface area contributed by atoms with Crippen LogP contribution in [0.2, 0.25) is 0 Å². The lowest BCUT2D eigenvalue weighted by atomic mass is 10.3. The first-order valence-electron chi connectivity index (χ1n) is 3.68. The quantitative estimate of drug-likeness (QED) is 0.702. The minimum absolute atomic E-state index is 0.0526. The predicted octanol–water partition coefficient (Wildman–Crippen LogP) is 2.12. The maximum Gasteiger partial charge on any atom is 0.302 e. The molecule has 13 heavy (non-hydrogen) atoms. The highest BCUT2D eigenvalue weighted by atomic mass is 16.3. The lowest BCUT2D eigenvalue weighted by Crippen LogP contribution is -2.07. The summed E-state index contributed by atoms with van der Waals surface area (Å²) in [5.41, 5.74) is 0.812. The maximum atomic E-state index is 9.94. The number of benzene rings is 1. The standard InChI is InChI=1S/C8H8N3O2/c12-10-8(11-13)6-9-7-4-2-1-3-5-7/h1-5,9H,6H2. The van der Waals surface area contributed by atoms with Crippen molar-refractivity contribution in [3.05, 3.63) is 46.3 Å². The van der Waals surface area contributed by atoms with Crippen LogP contribution >= 0.6 is 0 Å². The van der Waals surface area contributed by atoms with E-state index in [1.165, 1.54) is 0 Å². The number of anilines is 1. The van der Waals surface area contributed by atoms with Crippen molar-refractivity contribution in [2.45, 2.75) is 0 Å². The molecule has 1 aromatic carbocycles. The third kappa shape index (κ3) is 2.98. The molecule has 5 heteroatoms. The number of rotatable bonds is 5. The van der Waals surface area contributed by atoms with Gasteiger partial charge in [-0.25, -0.2) is 0 Å². The minimum Gasteiger partial charge on any atom is -0.380 e. The molecule has 0 fully saturated rings. The molecule has 0 aliphatic rings. The molecule has 0 unspecified atom stereocenters. The van der Waals surface area contributed by atoms with Gasteiger partial charge in [0, 0.05) is 5.69 Å². The van der Waals surface area contributed by atoms with Crippen molar-refractivity contribution in [2.75, 3.05) is 11.9 Å². The van der Waals surface area contributed by atoms with Crippen LogP contribution in [0.15, 0.2) is 40.7 Å². The Hall–Kier alpha value is -1.78. The van der Waals surface area contributed by atoms with Crippen molar-refractivity contribution in [3.63, 3.8) is 0 Å². The van der Waals surface area contributed by atoms with Gasteiger partial charge in [-0.3, -0.25) is 0 Å². The van der Waals surface area contributed by atoms with Crippen molar-refractivity contribution < 1.29 is 0 Å². The molecule has 1 aromatic rings. The maximum absolute atomic E-state index is 9.94. The Morgan fingerprint density at radius 1 is 1.15 bits per heavy atom. The van der Waals surface area contributed by atoms with Gasteiger partial charge in [-0.05, 0) is 22.5 Å². The van der Waals surface area contributed by atoms with Crippen LogP contribution in [0.25, 0.3) is 0 Å². The second-order valence-electron chi connectivity index (χ2n) is 2.32. The summed E-state index contributed by atoms with van der Waals surface area (Å²) in [7, 11) is 0. The molecular formula is C8H8N3O2. The number of para-hydroxylation sites is 1. The van der Waals surface area contributed by atoms with Crippen molar-refractivity contribution in [1.29, 1.82) is 0 Å². The van der Waals surface area contributed by atoms with Crippen LogP contribution in [0.1, 0.15) is 0 Å². The van der Waals surface area contributed by atoms with Crippen LogP contribution in [-0.4, -0.2) is 6.54 Å². The molecule has 1 N–H and O–H groups in total. The molecule has 0 aliphatic heterocycles. The van der Waals surface area contributed by atoms with Crippen LogP contribution in [0.5, 0.6) is 0 Å². The summed E-state index contributed by atoms with van der Waals surface area (Å²) in [6.45, 7) is 0.0526. The molecule has 0 bridgehead atoms. The van der Waals surface area contributed by atoms with E-state index in [-0.39, 0.29) is 12.7 Å². The fraction of sp³-hybridized carbons (Fsp3) is 0.125. The van der Waals surface area contributed by atoms with E-state index in [2.05, 4.69) is 15.7 Å². The number of hydrogen-bond donors (Lipinski definition) is 1. The van der Waals surface area contributed by atoms with Gasteiger partial charge >= 0.3 is 6.17 Å². The molecule has 0 saturated heterocycles. The average Bonchev–Trinajstić information content (AvgIpc) is 2.21. The van der Waals surface area contributed by atoms with Crippen LogP contribution in [0, 0.1) is 16.0 Å². The Morgan fingerprint density at radius 3 is 2.31 bits per heavy atom. The highest BCUT2D eigenvalue weighted by Gasteiger charge is 2.08. The summed E-state index contributed by atoms with van der Waals surface area (Å²) in [6, 6.07) is 9.17. The lowest BCUT2D eigenvalue weighted by Gasteiger charge is -2.03. The SMILES string of the molecule is O=N[C](CNc1ccccc1)N=O. The number of nitrogens with zero attached hydrogens (tertiary/aromatic N) is 2. The second-order valence-corrected chi connectivity index (χ2v) is 2.32. The molecule has 1 rings (SSSR count). The van der Waals surface area contributed by atoms with Gasteiger partial charge in [0.05, 0.1) is 6.54 Å². The first-order chi connectivity index (χ1) is 6.36. The number of nitroso groups, excluding NO2 is 2. The van der Waals surface area contributed by atoms with E-state index >= 15 is 0 Å². The van der Waals surface area contributed by atoms with Crippen LogP contribution in [0.3, 0.4) is 0 Å². The van der Waals surface area contributed by atoms with E-state index in [9.17, 15) is 9.81 Å². The van der Waals surface area contributed by atoms with Gasteiger partial charge in [-0.15, -0.1) is 9.81 Å². The first-order valence-corrected chi connectivity index (χ1v) is 3.68. The summed E-state index contributed by atoms with van der Waals surface area (Å²) in [4.78, 5) is 19.9. The van der Waals surface area contributed by atoms with Gasteiger partial charge in [-0.2, -0.15) is 0 Å². The summed E-state index contributed by atoms with van der Waals surface area (Å²) >= 11 is 0. The highest BCUT2D eigenvalue weighted by molar-refractivity contribution is 5.43. The third-order valence-electron chi connectivity index (χ3n) is 1.44. The van der Waals surface area contributed by atoms with E-state index in [0.717, 1.165) is 5.69 Å². The molecular weight excluding hydrogens is 170 g/mol. The molecule has 1 radical (unpaired) electrons. The largest absolute Gasteiger partial charge is 0.380 e. The smallest absolute Gasteiger partial charge is 0.302 e. The molecule has 0 atom stereocenters. The Labute approximate surface area is 75.1 Å². The summed E-state index contributed by atoms with van der Waals surface area (Å²) in [6.07, 6.45) is -0.288. The topological polar surface area (TPSA) is 70.9 Å². The monoisotopic (exact) mass is 178 g/mol. The highest BCUT2D eigenvalue weighted by Crippen LogP contribution is 2.08. The van der Waals surface area contributed by atoms with E-state index in [1.54, 1.807) is 0 Å². The Morgan fingerprint density at radius 2 is 1.77 bits per heavy atom. The molecule has 0 saturated carbocycles. The fourth-order valence-corrected chi connectivity index (χ4v) is 0.818. The predicted molar refractivity (Wildman–Crippen MR) is 49.8 cm³/mol. The zero-order chi connectivity index (χ0) is 9.52. The zero-order valence-corrected chi connectivity index (χ0v) is 6.80. The molecule has 0 spiro atoms. The van der Waals surface area contributed by atoms with Crippen molar-refractivity contribution in [3.8, 4) is 0 Å². The summed E-state index contributed by atoms with van der Waals surface area (Å²) in [5, 5.41) is 7.72. The van der Waals surface area contributed by atoms with Gasteiger partial charge in [0.2, 0.25) is 0 Å². The minimum atomic E-state index is -0.288. The van der Waals surface area contributed by atoms with Gasteiger partial charge < -0.3 is 5.32 Å². The second kappa shape index (κ2) is 4.97. The normalized spacial score (nSPS) is 9.62. The van der Waals surface area contributed by atoms with Gasteiger partial charge in [0.1, 0.15) is 0 Å². The van der Waals surface area contributed by atoms with Gasteiger partial charge in [0.15, 0.2) is 0 Å². The van der Waals surface area contributed by atoms with Crippen molar-refractivity contribution >= 4 is 5.69 Å². The van der Waals surface area contributed by atoms with E-state index in [4.69, 9.17) is 0 Å². The van der Waals surface area contributed by atoms with E-state index < -0.39 is 0 Å². The van der Waals surface area contributed by atoms with Crippen molar-refractivity contribution in [1.82, 2.24) is 0 Å². The molecule has 0 amide bonds.